The molecule has 0 amide bonds. The third-order valence-electron chi connectivity index (χ3n) is 1.75. The Hall–Kier alpha value is -1.18. The molecule has 2 heteroatoms. The minimum absolute atomic E-state index is 0.761. The topological polar surface area (TPSA) is 25.2 Å². The molecule has 0 bridgehead atoms. The van der Waals surface area contributed by atoms with Crippen molar-refractivity contribution in [2.24, 2.45) is 4.99 Å². The van der Waals surface area contributed by atoms with Crippen LogP contribution >= 0.6 is 0 Å². The first kappa shape index (κ1) is 5.59. The van der Waals surface area contributed by atoms with Crippen molar-refractivity contribution in [3.05, 3.63) is 29.1 Å². The Morgan fingerprint density at radius 3 is 3.20 bits per heavy atom. The zero-order valence-electron chi connectivity index (χ0n) is 5.83. The Morgan fingerprint density at radius 1 is 1.50 bits per heavy atom. The van der Waals surface area contributed by atoms with Crippen molar-refractivity contribution in [2.75, 3.05) is 0 Å². The second-order valence-electron chi connectivity index (χ2n) is 2.46. The van der Waals surface area contributed by atoms with Crippen LogP contribution in [-0.4, -0.2) is 11.2 Å². The Labute approximate surface area is 59.6 Å². The van der Waals surface area contributed by atoms with E-state index in [1.807, 2.05) is 18.5 Å². The van der Waals surface area contributed by atoms with Crippen LogP contribution in [0.15, 0.2) is 17.3 Å². The van der Waals surface area contributed by atoms with Crippen molar-refractivity contribution in [3.8, 4) is 0 Å². The summed E-state index contributed by atoms with van der Waals surface area (Å²) < 4.78 is 0. The molecule has 0 fully saturated rings. The minimum Gasteiger partial charge on any atom is -0.286 e. The predicted molar refractivity (Wildman–Crippen MR) is 40.3 cm³/mol. The molecule has 0 aliphatic carbocycles. The molecule has 0 N–H and O–H groups in total. The number of aliphatic imine (C=N–C) groups is 1. The van der Waals surface area contributed by atoms with Gasteiger partial charge in [0, 0.05) is 18.0 Å². The number of aryl methyl sites for hydroxylation is 1. The van der Waals surface area contributed by atoms with Crippen LogP contribution in [-0.2, 0) is 6.54 Å². The summed E-state index contributed by atoms with van der Waals surface area (Å²) in [6, 6.07) is 2.01. The molecule has 1 aliphatic rings. The fourth-order valence-corrected chi connectivity index (χ4v) is 1.15. The largest absolute Gasteiger partial charge is 0.286 e. The smallest absolute Gasteiger partial charge is 0.0818 e. The van der Waals surface area contributed by atoms with Gasteiger partial charge in [0.2, 0.25) is 0 Å². The van der Waals surface area contributed by atoms with Crippen molar-refractivity contribution < 1.29 is 0 Å². The van der Waals surface area contributed by atoms with Gasteiger partial charge in [-0.3, -0.25) is 9.98 Å². The standard InChI is InChI=1S/C8H8N2/c1-6-2-3-10-8-5-9-4-7(6)8/h2-4H,5H2,1H3. The van der Waals surface area contributed by atoms with Crippen LogP contribution in [0.5, 0.6) is 0 Å². The summed E-state index contributed by atoms with van der Waals surface area (Å²) in [5.74, 6) is 0. The number of pyridine rings is 1. The molecule has 0 aromatic carbocycles. The molecule has 1 aromatic rings. The van der Waals surface area contributed by atoms with E-state index >= 15 is 0 Å². The molecule has 0 spiro atoms. The Balaban J connectivity index is 2.67. The first-order valence-electron chi connectivity index (χ1n) is 3.32. The van der Waals surface area contributed by atoms with Gasteiger partial charge in [0.25, 0.3) is 0 Å². The lowest BCUT2D eigenvalue weighted by Crippen LogP contribution is -1.91. The molecule has 1 aromatic heterocycles. The minimum atomic E-state index is 0.761. The normalized spacial score (nSPS) is 13.7. The lowest BCUT2D eigenvalue weighted by atomic mass is 10.1. The van der Waals surface area contributed by atoms with Gasteiger partial charge in [-0.25, -0.2) is 0 Å². The van der Waals surface area contributed by atoms with E-state index in [0.717, 1.165) is 12.2 Å². The number of hydrogen-bond donors (Lipinski definition) is 0. The Morgan fingerprint density at radius 2 is 2.40 bits per heavy atom. The summed E-state index contributed by atoms with van der Waals surface area (Å²) >= 11 is 0. The first-order chi connectivity index (χ1) is 4.88. The van der Waals surface area contributed by atoms with Gasteiger partial charge in [-0.2, -0.15) is 0 Å². The van der Waals surface area contributed by atoms with Crippen molar-refractivity contribution in [1.29, 1.82) is 0 Å². The lowest BCUT2D eigenvalue weighted by molar-refractivity contribution is 1.02. The van der Waals surface area contributed by atoms with Crippen molar-refractivity contribution in [1.82, 2.24) is 4.98 Å². The SMILES string of the molecule is Cc1ccnc2c1C=NC2. The van der Waals surface area contributed by atoms with E-state index in [2.05, 4.69) is 16.9 Å². The molecular weight excluding hydrogens is 124 g/mol. The van der Waals surface area contributed by atoms with Crippen LogP contribution < -0.4 is 0 Å². The highest BCUT2D eigenvalue weighted by Gasteiger charge is 2.07. The summed E-state index contributed by atoms with van der Waals surface area (Å²) in [5.41, 5.74) is 3.59. The van der Waals surface area contributed by atoms with Crippen LogP contribution in [0.25, 0.3) is 0 Å². The average molecular weight is 132 g/mol. The number of fused-ring (bicyclic) bond motifs is 1. The van der Waals surface area contributed by atoms with Gasteiger partial charge in [0.15, 0.2) is 0 Å². The number of hydrogen-bond acceptors (Lipinski definition) is 2. The monoisotopic (exact) mass is 132 g/mol. The van der Waals surface area contributed by atoms with Crippen LogP contribution in [0.4, 0.5) is 0 Å². The molecule has 50 valence electrons. The van der Waals surface area contributed by atoms with Crippen LogP contribution in [0.3, 0.4) is 0 Å². The molecule has 2 nitrogen and oxygen atoms in total. The molecule has 0 unspecified atom stereocenters. The molecule has 0 saturated heterocycles. The highest BCUT2D eigenvalue weighted by molar-refractivity contribution is 5.85. The van der Waals surface area contributed by atoms with E-state index in [9.17, 15) is 0 Å². The zero-order valence-corrected chi connectivity index (χ0v) is 5.83. The summed E-state index contributed by atoms with van der Waals surface area (Å²) in [4.78, 5) is 8.32. The lowest BCUT2D eigenvalue weighted by Gasteiger charge is -1.97. The van der Waals surface area contributed by atoms with Gasteiger partial charge >= 0.3 is 0 Å². The number of aromatic nitrogens is 1. The maximum Gasteiger partial charge on any atom is 0.0818 e. The fraction of sp³-hybridized carbons (Fsp3) is 0.250. The third kappa shape index (κ3) is 0.652. The first-order valence-corrected chi connectivity index (χ1v) is 3.32. The van der Waals surface area contributed by atoms with E-state index < -0.39 is 0 Å². The maximum atomic E-state index is 4.20. The van der Waals surface area contributed by atoms with Gasteiger partial charge in [0.1, 0.15) is 0 Å². The summed E-state index contributed by atoms with van der Waals surface area (Å²) in [7, 11) is 0. The molecule has 1 aliphatic heterocycles. The average Bonchev–Trinajstić information content (AvgIpc) is 2.36. The Bertz CT molecular complexity index is 289. The van der Waals surface area contributed by atoms with Crippen molar-refractivity contribution in [2.45, 2.75) is 13.5 Å². The second kappa shape index (κ2) is 1.90. The van der Waals surface area contributed by atoms with Gasteiger partial charge in [0.05, 0.1) is 12.2 Å². The quantitative estimate of drug-likeness (QED) is 0.522. The Kier molecular flexibility index (Phi) is 1.07. The van der Waals surface area contributed by atoms with E-state index in [1.165, 1.54) is 11.1 Å². The molecule has 2 rings (SSSR count). The molecular formula is C8H8N2. The summed E-state index contributed by atoms with van der Waals surface area (Å²) in [5, 5.41) is 0. The van der Waals surface area contributed by atoms with Crippen LogP contribution in [0.2, 0.25) is 0 Å². The molecule has 2 heterocycles. The van der Waals surface area contributed by atoms with Crippen LogP contribution in [0.1, 0.15) is 16.8 Å². The van der Waals surface area contributed by atoms with Gasteiger partial charge in [-0.05, 0) is 18.6 Å². The highest BCUT2D eigenvalue weighted by Crippen LogP contribution is 2.14. The third-order valence-corrected chi connectivity index (χ3v) is 1.75. The van der Waals surface area contributed by atoms with Crippen molar-refractivity contribution in [3.63, 3.8) is 0 Å². The molecule has 0 saturated carbocycles. The molecule has 10 heavy (non-hydrogen) atoms. The van der Waals surface area contributed by atoms with E-state index in [4.69, 9.17) is 0 Å². The summed E-state index contributed by atoms with van der Waals surface area (Å²) in [6.07, 6.45) is 3.74. The zero-order chi connectivity index (χ0) is 6.97. The van der Waals surface area contributed by atoms with E-state index in [0.29, 0.717) is 0 Å². The van der Waals surface area contributed by atoms with E-state index in [-0.39, 0.29) is 0 Å². The molecule has 0 atom stereocenters. The summed E-state index contributed by atoms with van der Waals surface area (Å²) in [6.45, 7) is 2.84. The van der Waals surface area contributed by atoms with Gasteiger partial charge < -0.3 is 0 Å². The maximum absolute atomic E-state index is 4.20. The van der Waals surface area contributed by atoms with Gasteiger partial charge in [-0.1, -0.05) is 0 Å². The second-order valence-corrected chi connectivity index (χ2v) is 2.46. The van der Waals surface area contributed by atoms with Crippen LogP contribution in [0, 0.1) is 6.92 Å². The predicted octanol–water partition coefficient (Wildman–Crippen LogP) is 1.32. The van der Waals surface area contributed by atoms with Crippen molar-refractivity contribution >= 4 is 6.21 Å². The highest BCUT2D eigenvalue weighted by atomic mass is 14.8. The number of rotatable bonds is 0. The van der Waals surface area contributed by atoms with Gasteiger partial charge in [-0.15, -0.1) is 0 Å². The fourth-order valence-electron chi connectivity index (χ4n) is 1.15. The molecule has 0 radical (unpaired) electrons. The number of nitrogens with zero attached hydrogens (tertiary/aromatic N) is 2. The van der Waals surface area contributed by atoms with E-state index in [1.54, 1.807) is 0 Å².